The van der Waals surface area contributed by atoms with Crippen LogP contribution in [0, 0.1) is 0 Å². The Morgan fingerprint density at radius 3 is 2.94 bits per heavy atom. The van der Waals surface area contributed by atoms with Crippen LogP contribution in [0.15, 0.2) is 27.6 Å². The van der Waals surface area contributed by atoms with Gasteiger partial charge in [-0.05, 0) is 24.6 Å². The molecule has 0 aliphatic heterocycles. The van der Waals surface area contributed by atoms with E-state index in [9.17, 15) is 4.79 Å². The Bertz CT molecular complexity index is 371. The molecular formula is C11H14BrNO2S. The Kier molecular flexibility index (Phi) is 5.87. The summed E-state index contributed by atoms with van der Waals surface area (Å²) in [7, 11) is 1.64. The summed E-state index contributed by atoms with van der Waals surface area (Å²) in [6, 6.07) is 5.37. The number of nitrogens with one attached hydrogen (secondary N) is 1. The molecule has 0 aliphatic rings. The van der Waals surface area contributed by atoms with E-state index in [1.165, 1.54) is 0 Å². The van der Waals surface area contributed by atoms with Gasteiger partial charge in [0.25, 0.3) is 5.91 Å². The predicted molar refractivity (Wildman–Crippen MR) is 70.2 cm³/mol. The highest BCUT2D eigenvalue weighted by Crippen LogP contribution is 2.19. The number of amides is 1. The topological polar surface area (TPSA) is 38.3 Å². The quantitative estimate of drug-likeness (QED) is 0.648. The van der Waals surface area contributed by atoms with Crippen molar-refractivity contribution in [2.45, 2.75) is 11.3 Å². The first-order valence-electron chi connectivity index (χ1n) is 4.91. The lowest BCUT2D eigenvalue weighted by Gasteiger charge is -2.07. The zero-order valence-electron chi connectivity index (χ0n) is 9.00. The van der Waals surface area contributed by atoms with Crippen molar-refractivity contribution in [2.75, 3.05) is 20.3 Å². The molecule has 1 aromatic carbocycles. The van der Waals surface area contributed by atoms with Gasteiger partial charge in [-0.3, -0.25) is 4.79 Å². The lowest BCUT2D eigenvalue weighted by molar-refractivity contribution is 0.0946. The summed E-state index contributed by atoms with van der Waals surface area (Å²) in [5, 5.41) is 2.81. The van der Waals surface area contributed by atoms with Crippen molar-refractivity contribution in [1.29, 1.82) is 0 Å². The fourth-order valence-electron chi connectivity index (χ4n) is 1.21. The van der Waals surface area contributed by atoms with Crippen molar-refractivity contribution in [1.82, 2.24) is 5.32 Å². The smallest absolute Gasteiger partial charge is 0.252 e. The summed E-state index contributed by atoms with van der Waals surface area (Å²) in [5.41, 5.74) is 0.587. The van der Waals surface area contributed by atoms with E-state index < -0.39 is 0 Å². The molecule has 0 spiro atoms. The molecule has 1 amide bonds. The molecule has 0 aromatic heterocycles. The maximum Gasteiger partial charge on any atom is 0.252 e. The zero-order chi connectivity index (χ0) is 12.0. The molecular weight excluding hydrogens is 290 g/mol. The zero-order valence-corrected chi connectivity index (χ0v) is 11.5. The molecule has 0 unspecified atom stereocenters. The highest BCUT2D eigenvalue weighted by atomic mass is 79.9. The highest BCUT2D eigenvalue weighted by Gasteiger charge is 2.08. The molecule has 0 aliphatic carbocycles. The summed E-state index contributed by atoms with van der Waals surface area (Å²) in [4.78, 5) is 12.4. The fraction of sp³-hybridized carbons (Fsp3) is 0.364. The van der Waals surface area contributed by atoms with E-state index in [4.69, 9.17) is 4.74 Å². The number of carbonyl (C=O) groups is 1. The third-order valence-corrected chi connectivity index (χ3v) is 2.88. The molecule has 5 heteroatoms. The monoisotopic (exact) mass is 303 g/mol. The third-order valence-electron chi connectivity index (χ3n) is 2.02. The van der Waals surface area contributed by atoms with E-state index in [1.54, 1.807) is 19.2 Å². The van der Waals surface area contributed by atoms with Gasteiger partial charge in [0.2, 0.25) is 0 Å². The Balaban J connectivity index is 2.53. The molecule has 0 heterocycles. The summed E-state index contributed by atoms with van der Waals surface area (Å²) >= 11 is 7.58. The lowest BCUT2D eigenvalue weighted by Crippen LogP contribution is -2.25. The largest absolute Gasteiger partial charge is 0.385 e. The second-order valence-electron chi connectivity index (χ2n) is 3.26. The van der Waals surface area contributed by atoms with Crippen molar-refractivity contribution in [3.8, 4) is 0 Å². The van der Waals surface area contributed by atoms with Gasteiger partial charge in [-0.2, -0.15) is 0 Å². The second-order valence-corrected chi connectivity index (χ2v) is 4.66. The van der Waals surface area contributed by atoms with Crippen LogP contribution in [0.2, 0.25) is 0 Å². The van der Waals surface area contributed by atoms with E-state index >= 15 is 0 Å². The molecule has 0 saturated carbocycles. The Morgan fingerprint density at radius 2 is 2.31 bits per heavy atom. The summed E-state index contributed by atoms with van der Waals surface area (Å²) in [6.45, 7) is 1.25. The number of hydrogen-bond donors (Lipinski definition) is 2. The van der Waals surface area contributed by atoms with Crippen LogP contribution in [0.5, 0.6) is 0 Å². The standard InChI is InChI=1S/C11H14BrNO2S/c1-15-6-2-5-13-11(14)9-4-3-8(12)7-10(9)16/h3-4,7,16H,2,5-6H2,1H3,(H,13,14). The number of rotatable bonds is 5. The fourth-order valence-corrected chi connectivity index (χ4v) is 2.06. The average Bonchev–Trinajstić information content (AvgIpc) is 2.24. The molecule has 0 fully saturated rings. The van der Waals surface area contributed by atoms with Gasteiger partial charge < -0.3 is 10.1 Å². The van der Waals surface area contributed by atoms with Crippen LogP contribution >= 0.6 is 28.6 Å². The molecule has 16 heavy (non-hydrogen) atoms. The predicted octanol–water partition coefficient (Wildman–Crippen LogP) is 2.50. The summed E-state index contributed by atoms with van der Waals surface area (Å²) in [6.07, 6.45) is 0.806. The molecule has 1 rings (SSSR count). The van der Waals surface area contributed by atoms with Crippen molar-refractivity contribution >= 4 is 34.5 Å². The molecule has 1 aromatic rings. The van der Waals surface area contributed by atoms with Crippen molar-refractivity contribution in [3.05, 3.63) is 28.2 Å². The normalized spacial score (nSPS) is 10.2. The van der Waals surface area contributed by atoms with Crippen molar-refractivity contribution < 1.29 is 9.53 Å². The molecule has 88 valence electrons. The van der Waals surface area contributed by atoms with Crippen molar-refractivity contribution in [2.24, 2.45) is 0 Å². The minimum atomic E-state index is -0.103. The number of hydrogen-bond acceptors (Lipinski definition) is 3. The van der Waals surface area contributed by atoms with E-state index in [2.05, 4.69) is 33.9 Å². The van der Waals surface area contributed by atoms with Gasteiger partial charge in [-0.25, -0.2) is 0 Å². The number of thiol groups is 1. The van der Waals surface area contributed by atoms with Gasteiger partial charge in [-0.1, -0.05) is 15.9 Å². The maximum atomic E-state index is 11.7. The van der Waals surface area contributed by atoms with Crippen LogP contribution in [0.3, 0.4) is 0 Å². The highest BCUT2D eigenvalue weighted by molar-refractivity contribution is 9.10. The van der Waals surface area contributed by atoms with Crippen LogP contribution in [-0.4, -0.2) is 26.2 Å². The Labute approximate surface area is 109 Å². The van der Waals surface area contributed by atoms with Crippen LogP contribution in [0.1, 0.15) is 16.8 Å². The number of benzene rings is 1. The number of halogens is 1. The molecule has 3 nitrogen and oxygen atoms in total. The van der Waals surface area contributed by atoms with E-state index in [0.29, 0.717) is 23.6 Å². The van der Waals surface area contributed by atoms with Gasteiger partial charge in [-0.15, -0.1) is 12.6 Å². The van der Waals surface area contributed by atoms with E-state index in [-0.39, 0.29) is 5.91 Å². The molecule has 0 saturated heterocycles. The Hall–Kier alpha value is -0.520. The molecule has 0 radical (unpaired) electrons. The maximum absolute atomic E-state index is 11.7. The van der Waals surface area contributed by atoms with Gasteiger partial charge in [0.1, 0.15) is 0 Å². The molecule has 0 bridgehead atoms. The van der Waals surface area contributed by atoms with E-state index in [1.807, 2.05) is 6.07 Å². The Morgan fingerprint density at radius 1 is 1.56 bits per heavy atom. The number of methoxy groups -OCH3 is 1. The second kappa shape index (κ2) is 6.93. The first kappa shape index (κ1) is 13.5. The molecule has 1 N–H and O–H groups in total. The van der Waals surface area contributed by atoms with Crippen LogP contribution in [0.4, 0.5) is 0 Å². The summed E-state index contributed by atoms with van der Waals surface area (Å²) in [5.74, 6) is -0.103. The first-order chi connectivity index (χ1) is 7.65. The van der Waals surface area contributed by atoms with Crippen molar-refractivity contribution in [3.63, 3.8) is 0 Å². The minimum absolute atomic E-state index is 0.103. The number of ether oxygens (including phenoxy) is 1. The summed E-state index contributed by atoms with van der Waals surface area (Å²) < 4.78 is 5.81. The average molecular weight is 304 g/mol. The molecule has 0 atom stereocenters. The van der Waals surface area contributed by atoms with Gasteiger partial charge in [0, 0.05) is 29.6 Å². The minimum Gasteiger partial charge on any atom is -0.385 e. The first-order valence-corrected chi connectivity index (χ1v) is 6.15. The van der Waals surface area contributed by atoms with Crippen LogP contribution < -0.4 is 5.32 Å². The van der Waals surface area contributed by atoms with Gasteiger partial charge in [0.15, 0.2) is 0 Å². The van der Waals surface area contributed by atoms with Gasteiger partial charge >= 0.3 is 0 Å². The van der Waals surface area contributed by atoms with Gasteiger partial charge in [0.05, 0.1) is 5.56 Å². The van der Waals surface area contributed by atoms with E-state index in [0.717, 1.165) is 10.9 Å². The SMILES string of the molecule is COCCCNC(=O)c1ccc(Br)cc1S. The van der Waals surface area contributed by atoms with Crippen LogP contribution in [0.25, 0.3) is 0 Å². The third kappa shape index (κ3) is 4.15. The lowest BCUT2D eigenvalue weighted by atomic mass is 10.2. The van der Waals surface area contributed by atoms with Crippen LogP contribution in [-0.2, 0) is 4.74 Å². The number of carbonyl (C=O) groups excluding carboxylic acids is 1.